The van der Waals surface area contributed by atoms with E-state index in [-0.39, 0.29) is 30.0 Å². The van der Waals surface area contributed by atoms with E-state index in [1.807, 2.05) is 18.2 Å². The lowest BCUT2D eigenvalue weighted by Gasteiger charge is -2.16. The van der Waals surface area contributed by atoms with Gasteiger partial charge in [0.05, 0.1) is 7.11 Å². The molecule has 1 unspecified atom stereocenters. The van der Waals surface area contributed by atoms with E-state index >= 15 is 0 Å². The number of aliphatic hydroxyl groups is 1. The molecule has 0 saturated carbocycles. The average molecular weight is 294 g/mol. The van der Waals surface area contributed by atoms with Gasteiger partial charge in [-0.3, -0.25) is 0 Å². The Balaban J connectivity index is 2.52. The maximum absolute atomic E-state index is 12.0. The molecule has 108 valence electrons. The first-order valence-electron chi connectivity index (χ1n) is 5.89. The third-order valence-corrected chi connectivity index (χ3v) is 3.52. The number of aliphatic hydroxyl groups excluding tert-OH is 1. The highest BCUT2D eigenvalue weighted by Gasteiger charge is 2.28. The highest BCUT2D eigenvalue weighted by Crippen LogP contribution is 2.32. The second-order valence-electron chi connectivity index (χ2n) is 4.15. The van der Waals surface area contributed by atoms with Gasteiger partial charge in [-0.1, -0.05) is 30.0 Å². The van der Waals surface area contributed by atoms with Crippen molar-refractivity contribution >= 4 is 11.8 Å². The fourth-order valence-electron chi connectivity index (χ4n) is 1.78. The van der Waals surface area contributed by atoms with Gasteiger partial charge >= 0.3 is 5.51 Å². The monoisotopic (exact) mass is 294 g/mol. The molecule has 0 aliphatic carbocycles. The molecule has 1 aromatic carbocycles. The van der Waals surface area contributed by atoms with E-state index in [0.717, 1.165) is 5.56 Å². The minimum absolute atomic E-state index is 0.0378. The minimum Gasteiger partial charge on any atom is -0.496 e. The summed E-state index contributed by atoms with van der Waals surface area (Å²) in [5.74, 6) is 0.472. The number of rotatable bonds is 7. The van der Waals surface area contributed by atoms with Crippen LogP contribution in [-0.2, 0) is 6.42 Å². The molecule has 1 aromatic rings. The number of ether oxygens (including phenoxy) is 1. The van der Waals surface area contributed by atoms with Gasteiger partial charge in [0.1, 0.15) is 5.75 Å². The molecule has 1 atom stereocenters. The number of hydrogen-bond acceptors (Lipinski definition) is 3. The topological polar surface area (TPSA) is 29.5 Å². The van der Waals surface area contributed by atoms with Crippen molar-refractivity contribution in [1.82, 2.24) is 0 Å². The van der Waals surface area contributed by atoms with Crippen molar-refractivity contribution in [2.24, 2.45) is 5.92 Å². The van der Waals surface area contributed by atoms with Crippen molar-refractivity contribution in [3.05, 3.63) is 29.8 Å². The Labute approximate surface area is 115 Å². The Bertz CT molecular complexity index is 382. The fourth-order valence-corrected chi connectivity index (χ4v) is 2.46. The quantitative estimate of drug-likeness (QED) is 0.834. The van der Waals surface area contributed by atoms with E-state index < -0.39 is 5.51 Å². The van der Waals surface area contributed by atoms with Crippen molar-refractivity contribution in [3.8, 4) is 5.75 Å². The van der Waals surface area contributed by atoms with Crippen LogP contribution in [-0.4, -0.2) is 30.1 Å². The van der Waals surface area contributed by atoms with Crippen molar-refractivity contribution in [2.75, 3.05) is 19.5 Å². The average Bonchev–Trinajstić information content (AvgIpc) is 2.36. The summed E-state index contributed by atoms with van der Waals surface area (Å²) < 4.78 is 41.3. The molecule has 1 rings (SSSR count). The Morgan fingerprint density at radius 2 is 2.00 bits per heavy atom. The molecule has 0 amide bonds. The molecule has 0 aliphatic rings. The molecule has 0 radical (unpaired) electrons. The van der Waals surface area contributed by atoms with Crippen LogP contribution in [0.1, 0.15) is 12.0 Å². The molecule has 0 heterocycles. The summed E-state index contributed by atoms with van der Waals surface area (Å²) in [7, 11) is 1.55. The number of halogens is 3. The number of hydrogen-bond donors (Lipinski definition) is 1. The van der Waals surface area contributed by atoms with Crippen LogP contribution in [0.25, 0.3) is 0 Å². The van der Waals surface area contributed by atoms with Gasteiger partial charge in [-0.05, 0) is 30.4 Å². The normalized spacial score (nSPS) is 13.3. The third kappa shape index (κ3) is 6.20. The summed E-state index contributed by atoms with van der Waals surface area (Å²) in [6, 6.07) is 7.33. The van der Waals surface area contributed by atoms with Crippen LogP contribution in [0.3, 0.4) is 0 Å². The molecular weight excluding hydrogens is 277 g/mol. The summed E-state index contributed by atoms with van der Waals surface area (Å²) in [5.41, 5.74) is -3.30. The molecular formula is C13H17F3O2S. The van der Waals surface area contributed by atoms with Crippen LogP contribution in [0.4, 0.5) is 13.2 Å². The zero-order chi connectivity index (χ0) is 14.3. The van der Waals surface area contributed by atoms with Gasteiger partial charge in [0.2, 0.25) is 0 Å². The number of alkyl halides is 3. The van der Waals surface area contributed by atoms with Gasteiger partial charge in [0.25, 0.3) is 0 Å². The maximum atomic E-state index is 12.0. The highest BCUT2D eigenvalue weighted by atomic mass is 32.2. The van der Waals surface area contributed by atoms with Crippen molar-refractivity contribution in [2.45, 2.75) is 18.3 Å². The third-order valence-electron chi connectivity index (χ3n) is 2.75. The molecule has 0 saturated heterocycles. The second kappa shape index (κ2) is 7.65. The summed E-state index contributed by atoms with van der Waals surface area (Å²) in [4.78, 5) is 0. The molecule has 0 fully saturated rings. The summed E-state index contributed by atoms with van der Waals surface area (Å²) in [5, 5.41) is 9.25. The standard InChI is InChI=1S/C13H17F3O2S/c1-18-12-5-3-2-4-11(12)8-10(9-17)6-7-19-13(14,15)16/h2-5,10,17H,6-9H2,1H3. The smallest absolute Gasteiger partial charge is 0.441 e. The summed E-state index contributed by atoms with van der Waals surface area (Å²) in [6.45, 7) is -0.129. The summed E-state index contributed by atoms with van der Waals surface area (Å²) >= 11 is -0.0446. The number of thioether (sulfide) groups is 1. The van der Waals surface area contributed by atoms with Crippen molar-refractivity contribution in [3.63, 3.8) is 0 Å². The van der Waals surface area contributed by atoms with Gasteiger partial charge in [-0.25, -0.2) is 0 Å². The Kier molecular flexibility index (Phi) is 6.51. The lowest BCUT2D eigenvalue weighted by atomic mass is 9.97. The second-order valence-corrected chi connectivity index (χ2v) is 5.31. The zero-order valence-electron chi connectivity index (χ0n) is 10.6. The van der Waals surface area contributed by atoms with E-state index in [1.54, 1.807) is 13.2 Å². The van der Waals surface area contributed by atoms with Gasteiger partial charge in [-0.2, -0.15) is 13.2 Å². The van der Waals surface area contributed by atoms with Crippen molar-refractivity contribution in [1.29, 1.82) is 0 Å². The van der Waals surface area contributed by atoms with E-state index in [9.17, 15) is 18.3 Å². The maximum Gasteiger partial charge on any atom is 0.441 e. The van der Waals surface area contributed by atoms with Crippen LogP contribution in [0.2, 0.25) is 0 Å². The lowest BCUT2D eigenvalue weighted by Crippen LogP contribution is -2.13. The predicted octanol–water partition coefficient (Wildman–Crippen LogP) is 3.49. The van der Waals surface area contributed by atoms with E-state index in [2.05, 4.69) is 0 Å². The molecule has 0 bridgehead atoms. The molecule has 0 aliphatic heterocycles. The molecule has 1 N–H and O–H groups in total. The summed E-state index contributed by atoms with van der Waals surface area (Å²) in [6.07, 6.45) is 0.831. The molecule has 2 nitrogen and oxygen atoms in total. The van der Waals surface area contributed by atoms with Crippen molar-refractivity contribution < 1.29 is 23.0 Å². The van der Waals surface area contributed by atoms with E-state index in [0.29, 0.717) is 18.6 Å². The Morgan fingerprint density at radius 1 is 1.32 bits per heavy atom. The number of methoxy groups -OCH3 is 1. The zero-order valence-corrected chi connectivity index (χ0v) is 11.4. The largest absolute Gasteiger partial charge is 0.496 e. The van der Waals surface area contributed by atoms with Crippen LogP contribution in [0.15, 0.2) is 24.3 Å². The first kappa shape index (κ1) is 16.2. The fraction of sp³-hybridized carbons (Fsp3) is 0.538. The predicted molar refractivity (Wildman–Crippen MR) is 70.4 cm³/mol. The molecule has 0 spiro atoms. The van der Waals surface area contributed by atoms with E-state index in [4.69, 9.17) is 4.74 Å². The van der Waals surface area contributed by atoms with E-state index in [1.165, 1.54) is 0 Å². The minimum atomic E-state index is -4.20. The SMILES string of the molecule is COc1ccccc1CC(CO)CCSC(F)(F)F. The highest BCUT2D eigenvalue weighted by molar-refractivity contribution is 8.00. The number of benzene rings is 1. The van der Waals surface area contributed by atoms with Gasteiger partial charge in [-0.15, -0.1) is 0 Å². The Hall–Kier alpha value is -0.880. The molecule has 19 heavy (non-hydrogen) atoms. The van der Waals surface area contributed by atoms with Crippen LogP contribution >= 0.6 is 11.8 Å². The number of para-hydroxylation sites is 1. The first-order chi connectivity index (χ1) is 8.96. The van der Waals surface area contributed by atoms with Crippen LogP contribution in [0.5, 0.6) is 5.75 Å². The van der Waals surface area contributed by atoms with Crippen LogP contribution in [0, 0.1) is 5.92 Å². The van der Waals surface area contributed by atoms with Gasteiger partial charge in [0.15, 0.2) is 0 Å². The van der Waals surface area contributed by atoms with Gasteiger partial charge < -0.3 is 9.84 Å². The lowest BCUT2D eigenvalue weighted by molar-refractivity contribution is -0.0328. The first-order valence-corrected chi connectivity index (χ1v) is 6.88. The Morgan fingerprint density at radius 3 is 2.58 bits per heavy atom. The molecule has 6 heteroatoms. The van der Waals surface area contributed by atoms with Crippen LogP contribution < -0.4 is 4.74 Å². The molecule has 0 aromatic heterocycles. The van der Waals surface area contributed by atoms with Gasteiger partial charge in [0, 0.05) is 12.4 Å².